The predicted molar refractivity (Wildman–Crippen MR) is 54.0 cm³/mol. The second-order valence-electron chi connectivity index (χ2n) is 3.86. The molecule has 1 fully saturated rings. The molecule has 0 radical (unpaired) electrons. The molecule has 3 nitrogen and oxygen atoms in total. The van der Waals surface area contributed by atoms with Crippen molar-refractivity contribution in [1.82, 2.24) is 0 Å². The van der Waals surface area contributed by atoms with Crippen LogP contribution in [0.25, 0.3) is 0 Å². The van der Waals surface area contributed by atoms with Gasteiger partial charge in [-0.2, -0.15) is 0 Å². The molecule has 0 heterocycles. The lowest BCUT2D eigenvalue weighted by Gasteiger charge is -2.23. The normalized spacial score (nSPS) is 20.1. The van der Waals surface area contributed by atoms with Gasteiger partial charge in [0, 0.05) is 0 Å². The van der Waals surface area contributed by atoms with Crippen molar-refractivity contribution in [1.29, 1.82) is 0 Å². The average Bonchev–Trinajstić information content (AvgIpc) is 2.18. The number of rotatable bonds is 3. The lowest BCUT2D eigenvalue weighted by Crippen LogP contribution is -2.17. The SMILES string of the molecule is CC(OC1CCCCC1)=C(C)C(=O)O. The van der Waals surface area contributed by atoms with Crippen molar-refractivity contribution >= 4 is 5.97 Å². The topological polar surface area (TPSA) is 46.5 Å². The molecule has 0 aromatic rings. The van der Waals surface area contributed by atoms with E-state index in [9.17, 15) is 4.79 Å². The Kier molecular flexibility index (Phi) is 3.98. The van der Waals surface area contributed by atoms with Crippen molar-refractivity contribution in [2.45, 2.75) is 52.1 Å². The Morgan fingerprint density at radius 1 is 1.21 bits per heavy atom. The molecule has 14 heavy (non-hydrogen) atoms. The van der Waals surface area contributed by atoms with Crippen molar-refractivity contribution in [2.75, 3.05) is 0 Å². The molecule has 3 heteroatoms. The molecule has 1 aliphatic rings. The number of carboxylic acids is 1. The van der Waals surface area contributed by atoms with Crippen LogP contribution in [-0.4, -0.2) is 17.2 Å². The minimum absolute atomic E-state index is 0.234. The zero-order chi connectivity index (χ0) is 10.6. The molecule has 1 saturated carbocycles. The average molecular weight is 198 g/mol. The van der Waals surface area contributed by atoms with E-state index in [-0.39, 0.29) is 6.10 Å². The summed E-state index contributed by atoms with van der Waals surface area (Å²) in [6.07, 6.45) is 6.03. The molecule has 0 unspecified atom stereocenters. The van der Waals surface area contributed by atoms with Gasteiger partial charge >= 0.3 is 5.97 Å². The summed E-state index contributed by atoms with van der Waals surface area (Å²) in [4.78, 5) is 10.6. The van der Waals surface area contributed by atoms with Gasteiger partial charge in [-0.15, -0.1) is 0 Å². The number of ether oxygens (including phenoxy) is 1. The first-order valence-electron chi connectivity index (χ1n) is 5.18. The van der Waals surface area contributed by atoms with Crippen LogP contribution < -0.4 is 0 Å². The third-order valence-electron chi connectivity index (χ3n) is 2.74. The highest BCUT2D eigenvalue weighted by atomic mass is 16.5. The first-order valence-corrected chi connectivity index (χ1v) is 5.18. The van der Waals surface area contributed by atoms with Crippen LogP contribution in [0.2, 0.25) is 0 Å². The van der Waals surface area contributed by atoms with E-state index in [0.717, 1.165) is 12.8 Å². The molecule has 0 amide bonds. The van der Waals surface area contributed by atoms with Crippen LogP contribution in [0.4, 0.5) is 0 Å². The van der Waals surface area contributed by atoms with Crippen molar-refractivity contribution in [2.24, 2.45) is 0 Å². The van der Waals surface area contributed by atoms with Gasteiger partial charge in [-0.1, -0.05) is 6.42 Å². The second-order valence-corrected chi connectivity index (χ2v) is 3.86. The summed E-state index contributed by atoms with van der Waals surface area (Å²) in [5.41, 5.74) is 0.315. The first-order chi connectivity index (χ1) is 6.61. The largest absolute Gasteiger partial charge is 0.495 e. The molecule has 0 spiro atoms. The van der Waals surface area contributed by atoms with Gasteiger partial charge in [-0.25, -0.2) is 4.79 Å². The number of allylic oxidation sites excluding steroid dienone is 1. The molecular formula is C11H18O3. The molecular weight excluding hydrogens is 180 g/mol. The van der Waals surface area contributed by atoms with E-state index in [1.165, 1.54) is 19.3 Å². The Bertz CT molecular complexity index is 237. The molecule has 1 rings (SSSR count). The van der Waals surface area contributed by atoms with Crippen LogP contribution in [0.3, 0.4) is 0 Å². The fraction of sp³-hybridized carbons (Fsp3) is 0.727. The Labute approximate surface area is 84.8 Å². The van der Waals surface area contributed by atoms with Gasteiger partial charge < -0.3 is 9.84 Å². The number of aliphatic carboxylic acids is 1. The second kappa shape index (κ2) is 5.03. The summed E-state index contributed by atoms with van der Waals surface area (Å²) in [6.45, 7) is 3.32. The van der Waals surface area contributed by atoms with Gasteiger partial charge in [0.1, 0.15) is 5.76 Å². The molecule has 80 valence electrons. The number of carboxylic acid groups (broad SMARTS) is 1. The third kappa shape index (κ3) is 3.05. The molecule has 1 N–H and O–H groups in total. The van der Waals surface area contributed by atoms with Gasteiger partial charge in [0.05, 0.1) is 11.7 Å². The minimum Gasteiger partial charge on any atom is -0.495 e. The van der Waals surface area contributed by atoms with Crippen molar-refractivity contribution < 1.29 is 14.6 Å². The molecule has 0 bridgehead atoms. The van der Waals surface area contributed by atoms with Crippen LogP contribution >= 0.6 is 0 Å². The standard InChI is InChI=1S/C11H18O3/c1-8(11(12)13)9(2)14-10-6-4-3-5-7-10/h10H,3-7H2,1-2H3,(H,12,13). The van der Waals surface area contributed by atoms with E-state index in [1.807, 2.05) is 0 Å². The van der Waals surface area contributed by atoms with E-state index < -0.39 is 5.97 Å². The van der Waals surface area contributed by atoms with E-state index in [4.69, 9.17) is 9.84 Å². The zero-order valence-corrected chi connectivity index (χ0v) is 8.88. The van der Waals surface area contributed by atoms with E-state index in [2.05, 4.69) is 0 Å². The van der Waals surface area contributed by atoms with Crippen LogP contribution in [0, 0.1) is 0 Å². The molecule has 0 aliphatic heterocycles. The smallest absolute Gasteiger partial charge is 0.334 e. The monoisotopic (exact) mass is 198 g/mol. The van der Waals surface area contributed by atoms with Gasteiger partial charge in [0.2, 0.25) is 0 Å². The van der Waals surface area contributed by atoms with Gasteiger partial charge in [0.15, 0.2) is 0 Å². The van der Waals surface area contributed by atoms with Crippen molar-refractivity contribution in [3.8, 4) is 0 Å². The van der Waals surface area contributed by atoms with Gasteiger partial charge in [-0.05, 0) is 39.5 Å². The van der Waals surface area contributed by atoms with Gasteiger partial charge in [0.25, 0.3) is 0 Å². The molecule has 0 aromatic carbocycles. The predicted octanol–water partition coefficient (Wildman–Crippen LogP) is 2.71. The summed E-state index contributed by atoms with van der Waals surface area (Å²) >= 11 is 0. The lowest BCUT2D eigenvalue weighted by molar-refractivity contribution is -0.132. The maximum atomic E-state index is 10.6. The van der Waals surface area contributed by atoms with Crippen LogP contribution in [0.15, 0.2) is 11.3 Å². The Hall–Kier alpha value is -0.990. The zero-order valence-electron chi connectivity index (χ0n) is 8.88. The molecule has 0 aromatic heterocycles. The van der Waals surface area contributed by atoms with E-state index in [1.54, 1.807) is 13.8 Å². The minimum atomic E-state index is -0.890. The highest BCUT2D eigenvalue weighted by Crippen LogP contribution is 2.23. The summed E-state index contributed by atoms with van der Waals surface area (Å²) in [5, 5.41) is 8.74. The van der Waals surface area contributed by atoms with Crippen LogP contribution in [0.1, 0.15) is 46.0 Å². The lowest BCUT2D eigenvalue weighted by atomic mass is 9.98. The number of hydrogen-bond acceptors (Lipinski definition) is 2. The fourth-order valence-corrected chi connectivity index (χ4v) is 1.67. The molecule has 1 aliphatic carbocycles. The van der Waals surface area contributed by atoms with E-state index in [0.29, 0.717) is 11.3 Å². The summed E-state index contributed by atoms with van der Waals surface area (Å²) in [6, 6.07) is 0. The Morgan fingerprint density at radius 2 is 1.79 bits per heavy atom. The number of carbonyl (C=O) groups is 1. The summed E-state index contributed by atoms with van der Waals surface area (Å²) < 4.78 is 5.61. The highest BCUT2D eigenvalue weighted by molar-refractivity contribution is 5.86. The maximum absolute atomic E-state index is 10.6. The van der Waals surface area contributed by atoms with Crippen molar-refractivity contribution in [3.63, 3.8) is 0 Å². The molecule has 0 atom stereocenters. The Morgan fingerprint density at radius 3 is 2.29 bits per heavy atom. The van der Waals surface area contributed by atoms with Crippen LogP contribution in [0.5, 0.6) is 0 Å². The Balaban J connectivity index is 2.49. The first kappa shape index (κ1) is 11.1. The summed E-state index contributed by atoms with van der Waals surface area (Å²) in [5.74, 6) is -0.331. The van der Waals surface area contributed by atoms with Crippen LogP contribution in [-0.2, 0) is 9.53 Å². The third-order valence-corrected chi connectivity index (χ3v) is 2.74. The van der Waals surface area contributed by atoms with Gasteiger partial charge in [-0.3, -0.25) is 0 Å². The highest BCUT2D eigenvalue weighted by Gasteiger charge is 2.16. The quantitative estimate of drug-likeness (QED) is 0.560. The van der Waals surface area contributed by atoms with Crippen molar-refractivity contribution in [3.05, 3.63) is 11.3 Å². The maximum Gasteiger partial charge on any atom is 0.334 e. The van der Waals surface area contributed by atoms with E-state index >= 15 is 0 Å². The fourth-order valence-electron chi connectivity index (χ4n) is 1.67. The summed E-state index contributed by atoms with van der Waals surface area (Å²) in [7, 11) is 0. The number of hydrogen-bond donors (Lipinski definition) is 1. The molecule has 0 saturated heterocycles.